The molecule has 4 N–H and O–H groups in total. The summed E-state index contributed by atoms with van der Waals surface area (Å²) in [5.41, 5.74) is 12.2. The van der Waals surface area contributed by atoms with E-state index in [2.05, 4.69) is 10.2 Å². The van der Waals surface area contributed by atoms with Crippen LogP contribution in [0.3, 0.4) is 0 Å². The number of benzene rings is 2. The quantitative estimate of drug-likeness (QED) is 0.499. The summed E-state index contributed by atoms with van der Waals surface area (Å²) in [7, 11) is 1.65. The molecule has 0 fully saturated rings. The van der Waals surface area contributed by atoms with Gasteiger partial charge in [-0.1, -0.05) is 18.2 Å². The van der Waals surface area contributed by atoms with Crippen molar-refractivity contribution in [1.82, 2.24) is 0 Å². The standard InChI is InChI=1S/C14H16N4O/c1-9(17-18-14(15)16)10-3-4-12-8-13(19-2)6-5-11(12)7-10/h3-8H,1-2H3,(H4,15,16,18)/b17-9-. The smallest absolute Gasteiger partial charge is 0.211 e. The van der Waals surface area contributed by atoms with E-state index in [0.29, 0.717) is 0 Å². The fourth-order valence-electron chi connectivity index (χ4n) is 1.77. The summed E-state index contributed by atoms with van der Waals surface area (Å²) in [4.78, 5) is 0. The van der Waals surface area contributed by atoms with Gasteiger partial charge in [-0.2, -0.15) is 5.10 Å². The van der Waals surface area contributed by atoms with Crippen molar-refractivity contribution in [3.63, 3.8) is 0 Å². The maximum Gasteiger partial charge on any atom is 0.211 e. The van der Waals surface area contributed by atoms with E-state index in [9.17, 15) is 0 Å². The Bertz CT molecular complexity index is 658. The van der Waals surface area contributed by atoms with Crippen molar-refractivity contribution < 1.29 is 4.74 Å². The molecule has 0 saturated carbocycles. The molecule has 2 aromatic carbocycles. The molecule has 98 valence electrons. The Kier molecular flexibility index (Phi) is 3.66. The maximum atomic E-state index is 5.25. The minimum atomic E-state index is -0.0510. The van der Waals surface area contributed by atoms with Crippen molar-refractivity contribution in [1.29, 1.82) is 0 Å². The van der Waals surface area contributed by atoms with Gasteiger partial charge < -0.3 is 16.2 Å². The Morgan fingerprint density at radius 1 is 1.00 bits per heavy atom. The van der Waals surface area contributed by atoms with Crippen LogP contribution in [-0.2, 0) is 0 Å². The molecule has 5 nitrogen and oxygen atoms in total. The highest BCUT2D eigenvalue weighted by atomic mass is 16.5. The monoisotopic (exact) mass is 256 g/mol. The third-order valence-electron chi connectivity index (χ3n) is 2.78. The number of rotatable bonds is 3. The Morgan fingerprint density at radius 3 is 2.37 bits per heavy atom. The van der Waals surface area contributed by atoms with Crippen LogP contribution in [0.2, 0.25) is 0 Å². The Labute approximate surface area is 111 Å². The fourth-order valence-corrected chi connectivity index (χ4v) is 1.77. The van der Waals surface area contributed by atoms with Crippen LogP contribution in [0.15, 0.2) is 46.6 Å². The van der Waals surface area contributed by atoms with Gasteiger partial charge in [-0.15, -0.1) is 5.10 Å². The number of methoxy groups -OCH3 is 1. The molecule has 0 aliphatic heterocycles. The van der Waals surface area contributed by atoms with E-state index in [1.165, 1.54) is 0 Å². The fraction of sp³-hybridized carbons (Fsp3) is 0.143. The molecule has 0 aromatic heterocycles. The summed E-state index contributed by atoms with van der Waals surface area (Å²) in [5, 5.41) is 9.83. The predicted octanol–water partition coefficient (Wildman–Crippen LogP) is 1.85. The van der Waals surface area contributed by atoms with Crippen LogP contribution in [0.1, 0.15) is 12.5 Å². The molecule has 19 heavy (non-hydrogen) atoms. The van der Waals surface area contributed by atoms with Crippen molar-refractivity contribution in [2.45, 2.75) is 6.92 Å². The van der Waals surface area contributed by atoms with Gasteiger partial charge in [0.15, 0.2) is 0 Å². The molecule has 0 heterocycles. The van der Waals surface area contributed by atoms with Crippen LogP contribution >= 0.6 is 0 Å². The zero-order chi connectivity index (χ0) is 13.8. The van der Waals surface area contributed by atoms with Crippen LogP contribution in [0, 0.1) is 0 Å². The molecule has 0 spiro atoms. The van der Waals surface area contributed by atoms with Crippen LogP contribution < -0.4 is 16.2 Å². The van der Waals surface area contributed by atoms with E-state index in [1.807, 2.05) is 43.3 Å². The summed E-state index contributed by atoms with van der Waals surface area (Å²) < 4.78 is 5.20. The first-order chi connectivity index (χ1) is 9.10. The molecule has 2 aromatic rings. The first-order valence-electron chi connectivity index (χ1n) is 5.81. The van der Waals surface area contributed by atoms with Crippen molar-refractivity contribution in [2.75, 3.05) is 7.11 Å². The van der Waals surface area contributed by atoms with Crippen LogP contribution in [0.25, 0.3) is 10.8 Å². The second kappa shape index (κ2) is 5.39. The van der Waals surface area contributed by atoms with Crippen LogP contribution in [0.5, 0.6) is 5.75 Å². The zero-order valence-corrected chi connectivity index (χ0v) is 10.9. The first kappa shape index (κ1) is 12.9. The summed E-state index contributed by atoms with van der Waals surface area (Å²) in [6.45, 7) is 1.86. The molecule has 0 atom stereocenters. The topological polar surface area (TPSA) is 86.0 Å². The van der Waals surface area contributed by atoms with Gasteiger partial charge >= 0.3 is 0 Å². The van der Waals surface area contributed by atoms with Gasteiger partial charge in [0.25, 0.3) is 0 Å². The number of fused-ring (bicyclic) bond motifs is 1. The zero-order valence-electron chi connectivity index (χ0n) is 10.9. The molecular weight excluding hydrogens is 240 g/mol. The van der Waals surface area contributed by atoms with Crippen molar-refractivity contribution in [3.8, 4) is 5.75 Å². The number of hydrogen-bond acceptors (Lipinski definition) is 3. The van der Waals surface area contributed by atoms with Gasteiger partial charge in [-0.3, -0.25) is 0 Å². The molecular formula is C14H16N4O. The lowest BCUT2D eigenvalue weighted by Gasteiger charge is -2.05. The number of nitrogens with two attached hydrogens (primary N) is 2. The number of nitrogens with zero attached hydrogens (tertiary/aromatic N) is 2. The maximum absolute atomic E-state index is 5.25. The molecule has 0 amide bonds. The van der Waals surface area contributed by atoms with Gasteiger partial charge in [-0.05, 0) is 41.5 Å². The van der Waals surface area contributed by atoms with Crippen molar-refractivity contribution in [2.24, 2.45) is 21.7 Å². The van der Waals surface area contributed by atoms with Gasteiger partial charge in [0, 0.05) is 0 Å². The Hall–Kier alpha value is -2.56. The highest BCUT2D eigenvalue weighted by molar-refractivity contribution is 6.02. The molecule has 0 bridgehead atoms. The summed E-state index contributed by atoms with van der Waals surface area (Å²) in [6.07, 6.45) is 0. The third-order valence-corrected chi connectivity index (χ3v) is 2.78. The molecule has 0 radical (unpaired) electrons. The number of ether oxygens (including phenoxy) is 1. The van der Waals surface area contributed by atoms with Crippen molar-refractivity contribution in [3.05, 3.63) is 42.0 Å². The molecule has 2 rings (SSSR count). The highest BCUT2D eigenvalue weighted by Gasteiger charge is 2.01. The summed E-state index contributed by atoms with van der Waals surface area (Å²) in [5.74, 6) is 0.788. The average Bonchev–Trinajstić information content (AvgIpc) is 2.43. The molecule has 5 heteroatoms. The SMILES string of the molecule is COc1ccc2cc(/C(C)=N\N=C(N)N)ccc2c1. The van der Waals surface area contributed by atoms with Crippen LogP contribution in [0.4, 0.5) is 0 Å². The van der Waals surface area contributed by atoms with E-state index in [-0.39, 0.29) is 5.96 Å². The van der Waals surface area contributed by atoms with Crippen molar-refractivity contribution >= 4 is 22.4 Å². The largest absolute Gasteiger partial charge is 0.497 e. The minimum Gasteiger partial charge on any atom is -0.497 e. The van der Waals surface area contributed by atoms with Gasteiger partial charge in [0.05, 0.1) is 12.8 Å². The Morgan fingerprint density at radius 2 is 1.68 bits per heavy atom. The number of hydrogen-bond donors (Lipinski definition) is 2. The average molecular weight is 256 g/mol. The predicted molar refractivity (Wildman–Crippen MR) is 78.5 cm³/mol. The second-order valence-electron chi connectivity index (χ2n) is 4.14. The number of guanidine groups is 1. The summed E-state index contributed by atoms with van der Waals surface area (Å²) >= 11 is 0. The lowest BCUT2D eigenvalue weighted by atomic mass is 10.0. The molecule has 0 unspecified atom stereocenters. The van der Waals surface area contributed by atoms with E-state index < -0.39 is 0 Å². The molecule has 0 aliphatic carbocycles. The lowest BCUT2D eigenvalue weighted by molar-refractivity contribution is 0.415. The van der Waals surface area contributed by atoms with Gasteiger partial charge in [0.1, 0.15) is 5.75 Å². The Balaban J connectivity index is 2.42. The first-order valence-corrected chi connectivity index (χ1v) is 5.81. The third kappa shape index (κ3) is 3.01. The summed E-state index contributed by atoms with van der Waals surface area (Å²) in [6, 6.07) is 11.9. The van der Waals surface area contributed by atoms with Gasteiger partial charge in [-0.25, -0.2) is 0 Å². The van der Waals surface area contributed by atoms with E-state index in [4.69, 9.17) is 16.2 Å². The normalized spacial score (nSPS) is 11.4. The highest BCUT2D eigenvalue weighted by Crippen LogP contribution is 2.22. The van der Waals surface area contributed by atoms with E-state index >= 15 is 0 Å². The molecule has 0 aliphatic rings. The minimum absolute atomic E-state index is 0.0510. The van der Waals surface area contributed by atoms with E-state index in [0.717, 1.165) is 27.8 Å². The molecule has 0 saturated heterocycles. The van der Waals surface area contributed by atoms with E-state index in [1.54, 1.807) is 7.11 Å². The van der Waals surface area contributed by atoms with Crippen LogP contribution in [-0.4, -0.2) is 18.8 Å². The van der Waals surface area contributed by atoms with Gasteiger partial charge in [0.2, 0.25) is 5.96 Å². The lowest BCUT2D eigenvalue weighted by Crippen LogP contribution is -2.22. The second-order valence-corrected chi connectivity index (χ2v) is 4.14.